The number of aryl methyl sites for hydroxylation is 1. The van der Waals surface area contributed by atoms with Gasteiger partial charge in [0.1, 0.15) is 4.90 Å². The molecule has 4 rings (SSSR count). The van der Waals surface area contributed by atoms with Crippen LogP contribution in [-0.4, -0.2) is 64.7 Å². The van der Waals surface area contributed by atoms with E-state index in [0.717, 1.165) is 11.3 Å². The van der Waals surface area contributed by atoms with Crippen LogP contribution in [0.15, 0.2) is 47.4 Å². The first-order chi connectivity index (χ1) is 15.2. The van der Waals surface area contributed by atoms with E-state index in [2.05, 4.69) is 10.3 Å². The molecule has 0 atom stereocenters. The number of sulfonamides is 1. The second-order valence-corrected chi connectivity index (χ2v) is 10.2. The summed E-state index contributed by atoms with van der Waals surface area (Å²) in [5.41, 5.74) is 2.81. The molecule has 1 aliphatic heterocycles. The number of halogens is 2. The second-order valence-electron chi connectivity index (χ2n) is 7.52. The lowest BCUT2D eigenvalue weighted by atomic mass is 10.2. The third-order valence-corrected chi connectivity index (χ3v) is 8.31. The molecule has 1 amide bonds. The Balaban J connectivity index is 1.48. The van der Waals surface area contributed by atoms with Crippen molar-refractivity contribution in [2.24, 2.45) is 0 Å². The molecule has 1 aromatic heterocycles. The molecule has 1 fully saturated rings. The number of rotatable bonds is 4. The van der Waals surface area contributed by atoms with Crippen molar-refractivity contribution in [2.45, 2.75) is 18.7 Å². The highest BCUT2D eigenvalue weighted by molar-refractivity contribution is 7.89. The van der Waals surface area contributed by atoms with Crippen LogP contribution >= 0.6 is 23.2 Å². The first-order valence-electron chi connectivity index (χ1n) is 9.93. The molecular weight excluding hydrogens is 473 g/mol. The summed E-state index contributed by atoms with van der Waals surface area (Å²) in [6, 6.07) is 12.2. The zero-order chi connectivity index (χ0) is 23.0. The molecule has 1 saturated heterocycles. The highest BCUT2D eigenvalue weighted by Gasteiger charge is 2.33. The molecule has 2 aromatic carbocycles. The van der Waals surface area contributed by atoms with E-state index in [0.29, 0.717) is 5.69 Å². The van der Waals surface area contributed by atoms with Gasteiger partial charge in [0.2, 0.25) is 10.0 Å². The number of carbonyl (C=O) groups is 1. The molecule has 0 unspecified atom stereocenters. The average Bonchev–Trinajstić information content (AvgIpc) is 3.17. The first kappa shape index (κ1) is 22.7. The standard InChI is InChI=1S/C21H21Cl2N5O3S/c1-14-6-8-16(9-7-14)28-15(2)20(24-25-28)21(29)26-10-12-27(13-11-26)32(30,31)18-5-3-4-17(22)19(18)23/h3-9H,10-13H2,1-2H3. The summed E-state index contributed by atoms with van der Waals surface area (Å²) in [6.45, 7) is 4.52. The summed E-state index contributed by atoms with van der Waals surface area (Å²) in [5, 5.41) is 8.38. The summed E-state index contributed by atoms with van der Waals surface area (Å²) in [5.74, 6) is -0.279. The van der Waals surface area contributed by atoms with Gasteiger partial charge in [0.05, 0.1) is 21.4 Å². The van der Waals surface area contributed by atoms with Gasteiger partial charge in [0.25, 0.3) is 5.91 Å². The number of benzene rings is 2. The van der Waals surface area contributed by atoms with E-state index in [1.807, 2.05) is 31.2 Å². The maximum absolute atomic E-state index is 13.0. The summed E-state index contributed by atoms with van der Waals surface area (Å²) >= 11 is 12.1. The molecule has 32 heavy (non-hydrogen) atoms. The molecule has 11 heteroatoms. The SMILES string of the molecule is Cc1ccc(-n2nnc(C(=O)N3CCN(S(=O)(=O)c4cccc(Cl)c4Cl)CC3)c2C)cc1. The minimum absolute atomic E-state index is 0.00369. The van der Waals surface area contributed by atoms with Gasteiger partial charge in [0.15, 0.2) is 5.69 Å². The Morgan fingerprint density at radius 2 is 1.62 bits per heavy atom. The van der Waals surface area contributed by atoms with Gasteiger partial charge in [-0.2, -0.15) is 4.31 Å². The Labute approximate surface area is 196 Å². The van der Waals surface area contributed by atoms with Crippen LogP contribution in [0.4, 0.5) is 0 Å². The molecule has 1 aliphatic rings. The molecule has 168 valence electrons. The van der Waals surface area contributed by atoms with Crippen LogP contribution in [0.2, 0.25) is 10.0 Å². The zero-order valence-electron chi connectivity index (χ0n) is 17.5. The van der Waals surface area contributed by atoms with Gasteiger partial charge in [-0.1, -0.05) is 52.2 Å². The maximum Gasteiger partial charge on any atom is 0.276 e. The quantitative estimate of drug-likeness (QED) is 0.555. The van der Waals surface area contributed by atoms with E-state index >= 15 is 0 Å². The largest absolute Gasteiger partial charge is 0.335 e. The zero-order valence-corrected chi connectivity index (χ0v) is 19.8. The van der Waals surface area contributed by atoms with Crippen molar-refractivity contribution in [3.05, 3.63) is 69.5 Å². The van der Waals surface area contributed by atoms with E-state index in [1.54, 1.807) is 22.6 Å². The first-order valence-corrected chi connectivity index (χ1v) is 12.1. The van der Waals surface area contributed by atoms with Crippen LogP contribution in [-0.2, 0) is 10.0 Å². The fraction of sp³-hybridized carbons (Fsp3) is 0.286. The Morgan fingerprint density at radius 3 is 2.28 bits per heavy atom. The molecule has 0 bridgehead atoms. The Kier molecular flexibility index (Phi) is 6.26. The average molecular weight is 494 g/mol. The monoisotopic (exact) mass is 493 g/mol. The van der Waals surface area contributed by atoms with Crippen molar-refractivity contribution in [3.63, 3.8) is 0 Å². The van der Waals surface area contributed by atoms with Crippen molar-refractivity contribution in [1.29, 1.82) is 0 Å². The Morgan fingerprint density at radius 1 is 0.969 bits per heavy atom. The molecular formula is C21H21Cl2N5O3S. The predicted molar refractivity (Wildman–Crippen MR) is 122 cm³/mol. The number of nitrogens with zero attached hydrogens (tertiary/aromatic N) is 5. The predicted octanol–water partition coefficient (Wildman–Crippen LogP) is 3.34. The lowest BCUT2D eigenvalue weighted by molar-refractivity contribution is 0.0691. The molecule has 0 saturated carbocycles. The lowest BCUT2D eigenvalue weighted by Gasteiger charge is -2.33. The Hall–Kier alpha value is -2.46. The van der Waals surface area contributed by atoms with Gasteiger partial charge >= 0.3 is 0 Å². The molecule has 0 spiro atoms. The van der Waals surface area contributed by atoms with Crippen LogP contribution < -0.4 is 0 Å². The molecule has 3 aromatic rings. The number of hydrogen-bond donors (Lipinski definition) is 0. The van der Waals surface area contributed by atoms with Crippen molar-refractivity contribution in [1.82, 2.24) is 24.2 Å². The molecule has 0 aliphatic carbocycles. The number of carbonyl (C=O) groups excluding carboxylic acids is 1. The molecule has 0 radical (unpaired) electrons. The number of aromatic nitrogens is 3. The van der Waals surface area contributed by atoms with Crippen molar-refractivity contribution < 1.29 is 13.2 Å². The van der Waals surface area contributed by atoms with Gasteiger partial charge in [0, 0.05) is 26.2 Å². The minimum atomic E-state index is -3.83. The van der Waals surface area contributed by atoms with E-state index in [9.17, 15) is 13.2 Å². The third-order valence-electron chi connectivity index (χ3n) is 5.44. The van der Waals surface area contributed by atoms with Crippen molar-refractivity contribution >= 4 is 39.1 Å². The van der Waals surface area contributed by atoms with Crippen LogP contribution in [0.1, 0.15) is 21.7 Å². The molecule has 8 nitrogen and oxygen atoms in total. The van der Waals surface area contributed by atoms with Crippen LogP contribution in [0.25, 0.3) is 5.69 Å². The van der Waals surface area contributed by atoms with E-state index < -0.39 is 10.0 Å². The smallest absolute Gasteiger partial charge is 0.276 e. The number of piperazine rings is 1. The minimum Gasteiger partial charge on any atom is -0.335 e. The van der Waals surface area contributed by atoms with Gasteiger partial charge in [-0.25, -0.2) is 13.1 Å². The van der Waals surface area contributed by atoms with Gasteiger partial charge in [-0.05, 0) is 38.1 Å². The van der Waals surface area contributed by atoms with E-state index in [4.69, 9.17) is 23.2 Å². The third kappa shape index (κ3) is 4.13. The maximum atomic E-state index is 13.0. The second kappa shape index (κ2) is 8.82. The van der Waals surface area contributed by atoms with Gasteiger partial charge in [-0.15, -0.1) is 5.10 Å². The summed E-state index contributed by atoms with van der Waals surface area (Å²) in [6.07, 6.45) is 0. The van der Waals surface area contributed by atoms with E-state index in [1.165, 1.54) is 16.4 Å². The summed E-state index contributed by atoms with van der Waals surface area (Å²) < 4.78 is 28.9. The normalized spacial score (nSPS) is 15.2. The van der Waals surface area contributed by atoms with Gasteiger partial charge < -0.3 is 4.90 Å². The highest BCUT2D eigenvalue weighted by atomic mass is 35.5. The van der Waals surface area contributed by atoms with Gasteiger partial charge in [-0.3, -0.25) is 4.79 Å². The molecule has 0 N–H and O–H groups in total. The van der Waals surface area contributed by atoms with Crippen molar-refractivity contribution in [3.8, 4) is 5.69 Å². The Bertz CT molecular complexity index is 1270. The lowest BCUT2D eigenvalue weighted by Crippen LogP contribution is -2.50. The summed E-state index contributed by atoms with van der Waals surface area (Å²) in [7, 11) is -3.83. The van der Waals surface area contributed by atoms with Crippen LogP contribution in [0.3, 0.4) is 0 Å². The van der Waals surface area contributed by atoms with Crippen LogP contribution in [0.5, 0.6) is 0 Å². The van der Waals surface area contributed by atoms with Crippen molar-refractivity contribution in [2.75, 3.05) is 26.2 Å². The molecule has 2 heterocycles. The fourth-order valence-electron chi connectivity index (χ4n) is 3.56. The summed E-state index contributed by atoms with van der Waals surface area (Å²) in [4.78, 5) is 14.6. The van der Waals surface area contributed by atoms with Crippen LogP contribution in [0, 0.1) is 13.8 Å². The highest BCUT2D eigenvalue weighted by Crippen LogP contribution is 2.31. The number of hydrogen-bond acceptors (Lipinski definition) is 5. The topological polar surface area (TPSA) is 88.4 Å². The number of amides is 1. The fourth-order valence-corrected chi connectivity index (χ4v) is 5.72. The van der Waals surface area contributed by atoms with E-state index in [-0.39, 0.29) is 52.7 Å².